The molecule has 0 radical (unpaired) electrons. The lowest BCUT2D eigenvalue weighted by Crippen LogP contribution is -2.38. The number of aliphatic hydroxyl groups is 3. The standard InChI is InChI=1S/C27H41NO4/c1-16(12-20-15-27(4,32)25(31)28-20)22-9-10-23-18(6-5-11-26(22,23)3)7-8-19-13-21(29)14-24(30)17(19)2/h7-8,16,20-24,29-30,32H,2,5-6,9-15H2,1,3-4H3,(H,28,31)/b18-7?,19-8-/t16-,20?,21-,22-,23?,24-,26-,27?/m1/s1. The van der Waals surface area contributed by atoms with E-state index in [4.69, 9.17) is 0 Å². The van der Waals surface area contributed by atoms with Crippen LogP contribution in [0.3, 0.4) is 0 Å². The van der Waals surface area contributed by atoms with Crippen LogP contribution >= 0.6 is 0 Å². The van der Waals surface area contributed by atoms with E-state index in [9.17, 15) is 20.1 Å². The largest absolute Gasteiger partial charge is 0.393 e. The Morgan fingerprint density at radius 3 is 2.69 bits per heavy atom. The number of hydrogen-bond donors (Lipinski definition) is 4. The summed E-state index contributed by atoms with van der Waals surface area (Å²) in [5.41, 5.74) is 2.25. The van der Waals surface area contributed by atoms with Gasteiger partial charge in [-0.2, -0.15) is 0 Å². The third-order valence-electron chi connectivity index (χ3n) is 9.11. The minimum Gasteiger partial charge on any atom is -0.393 e. The van der Waals surface area contributed by atoms with Crippen LogP contribution in [-0.2, 0) is 4.79 Å². The lowest BCUT2D eigenvalue weighted by Gasteiger charge is -2.44. The SMILES string of the molecule is C=C1/C(=C\C=C2CCC[C@@]3(C)C2CC[C@@H]3[C@H](C)CC2CC(C)(O)C(=O)N2)C[C@@H](O)C[C@H]1O. The molecule has 5 nitrogen and oxygen atoms in total. The Bertz CT molecular complexity index is 828. The van der Waals surface area contributed by atoms with E-state index in [0.29, 0.717) is 37.0 Å². The van der Waals surface area contributed by atoms with Crippen molar-refractivity contribution < 1.29 is 20.1 Å². The van der Waals surface area contributed by atoms with Crippen molar-refractivity contribution in [3.8, 4) is 0 Å². The molecule has 0 aromatic carbocycles. The van der Waals surface area contributed by atoms with Gasteiger partial charge in [-0.15, -0.1) is 0 Å². The third kappa shape index (κ3) is 4.36. The minimum atomic E-state index is -1.23. The Morgan fingerprint density at radius 1 is 1.25 bits per heavy atom. The number of amides is 1. The van der Waals surface area contributed by atoms with Gasteiger partial charge in [-0.3, -0.25) is 4.79 Å². The fraction of sp³-hybridized carbons (Fsp3) is 0.741. The summed E-state index contributed by atoms with van der Waals surface area (Å²) < 4.78 is 0. The third-order valence-corrected chi connectivity index (χ3v) is 9.11. The molecule has 4 rings (SSSR count). The van der Waals surface area contributed by atoms with E-state index in [1.165, 1.54) is 31.3 Å². The molecule has 1 aliphatic heterocycles. The molecule has 4 N–H and O–H groups in total. The smallest absolute Gasteiger partial charge is 0.251 e. The zero-order chi connectivity index (χ0) is 23.3. The first kappa shape index (κ1) is 23.7. The topological polar surface area (TPSA) is 89.8 Å². The van der Waals surface area contributed by atoms with Gasteiger partial charge in [0.1, 0.15) is 5.60 Å². The lowest BCUT2D eigenvalue weighted by atomic mass is 9.60. The number of hydrogen-bond acceptors (Lipinski definition) is 4. The predicted molar refractivity (Wildman–Crippen MR) is 126 cm³/mol. The van der Waals surface area contributed by atoms with Crippen LogP contribution < -0.4 is 5.32 Å². The first-order valence-corrected chi connectivity index (χ1v) is 12.5. The Hall–Kier alpha value is -1.43. The fourth-order valence-corrected chi connectivity index (χ4v) is 7.40. The molecule has 178 valence electrons. The summed E-state index contributed by atoms with van der Waals surface area (Å²) in [5, 5.41) is 33.4. The molecular formula is C27H41NO4. The first-order valence-electron chi connectivity index (χ1n) is 12.5. The molecule has 0 aromatic rings. The average Bonchev–Trinajstić information content (AvgIpc) is 3.18. The van der Waals surface area contributed by atoms with Crippen LogP contribution in [0.1, 0.15) is 78.6 Å². The molecule has 0 bridgehead atoms. The number of carbonyl (C=O) groups excluding carboxylic acids is 1. The Morgan fingerprint density at radius 2 is 2.00 bits per heavy atom. The van der Waals surface area contributed by atoms with Gasteiger partial charge in [0, 0.05) is 18.9 Å². The highest BCUT2D eigenvalue weighted by Gasteiger charge is 2.51. The van der Waals surface area contributed by atoms with Crippen molar-refractivity contribution in [3.63, 3.8) is 0 Å². The summed E-state index contributed by atoms with van der Waals surface area (Å²) in [7, 11) is 0. The molecule has 4 fully saturated rings. The first-order chi connectivity index (χ1) is 15.0. The molecule has 0 spiro atoms. The Balaban J connectivity index is 1.47. The van der Waals surface area contributed by atoms with Gasteiger partial charge in [0.2, 0.25) is 0 Å². The van der Waals surface area contributed by atoms with Crippen molar-refractivity contribution >= 4 is 5.91 Å². The number of aliphatic hydroxyl groups excluding tert-OH is 2. The van der Waals surface area contributed by atoms with E-state index >= 15 is 0 Å². The zero-order valence-electron chi connectivity index (χ0n) is 19.9. The highest BCUT2D eigenvalue weighted by Crippen LogP contribution is 2.60. The van der Waals surface area contributed by atoms with E-state index < -0.39 is 17.8 Å². The molecule has 0 aromatic heterocycles. The quantitative estimate of drug-likeness (QED) is 0.532. The van der Waals surface area contributed by atoms with Crippen molar-refractivity contribution in [2.45, 2.75) is 102 Å². The molecule has 3 saturated carbocycles. The summed E-state index contributed by atoms with van der Waals surface area (Å²) >= 11 is 0. The van der Waals surface area contributed by atoms with Gasteiger partial charge < -0.3 is 20.6 Å². The average molecular weight is 444 g/mol. The van der Waals surface area contributed by atoms with E-state index in [1.54, 1.807) is 6.92 Å². The van der Waals surface area contributed by atoms with Gasteiger partial charge in [0.25, 0.3) is 5.91 Å². The van der Waals surface area contributed by atoms with Crippen LogP contribution in [0.5, 0.6) is 0 Å². The highest BCUT2D eigenvalue weighted by atomic mass is 16.3. The molecule has 1 amide bonds. The molecule has 3 aliphatic carbocycles. The molecule has 4 aliphatic rings. The number of rotatable bonds is 4. The maximum atomic E-state index is 12.0. The van der Waals surface area contributed by atoms with Gasteiger partial charge in [-0.05, 0) is 86.2 Å². The normalized spacial score (nSPS) is 45.9. The van der Waals surface area contributed by atoms with Crippen LogP contribution in [-0.4, -0.2) is 45.1 Å². The van der Waals surface area contributed by atoms with Crippen molar-refractivity contribution in [1.82, 2.24) is 5.32 Å². The molecule has 3 unspecified atom stereocenters. The van der Waals surface area contributed by atoms with Gasteiger partial charge in [-0.1, -0.05) is 38.2 Å². The van der Waals surface area contributed by atoms with E-state index in [1.807, 2.05) is 0 Å². The molecule has 32 heavy (non-hydrogen) atoms. The molecule has 5 heteroatoms. The second kappa shape index (κ2) is 8.73. The lowest BCUT2D eigenvalue weighted by molar-refractivity contribution is -0.133. The molecular weight excluding hydrogens is 402 g/mol. The molecule has 8 atom stereocenters. The van der Waals surface area contributed by atoms with Gasteiger partial charge >= 0.3 is 0 Å². The number of carbonyl (C=O) groups is 1. The zero-order valence-corrected chi connectivity index (χ0v) is 19.9. The maximum Gasteiger partial charge on any atom is 0.251 e. The Labute approximate surface area is 192 Å². The van der Waals surface area contributed by atoms with E-state index in [2.05, 4.69) is 37.9 Å². The second-order valence-corrected chi connectivity index (χ2v) is 11.5. The van der Waals surface area contributed by atoms with Crippen molar-refractivity contribution in [2.24, 2.45) is 23.2 Å². The molecule has 1 saturated heterocycles. The maximum absolute atomic E-state index is 12.0. The van der Waals surface area contributed by atoms with Crippen LogP contribution in [0.25, 0.3) is 0 Å². The van der Waals surface area contributed by atoms with E-state index in [-0.39, 0.29) is 17.4 Å². The van der Waals surface area contributed by atoms with Crippen molar-refractivity contribution in [2.75, 3.05) is 0 Å². The summed E-state index contributed by atoms with van der Waals surface area (Å²) in [4.78, 5) is 12.0. The van der Waals surface area contributed by atoms with Crippen LogP contribution in [0.2, 0.25) is 0 Å². The second-order valence-electron chi connectivity index (χ2n) is 11.5. The molecule has 1 heterocycles. The predicted octanol–water partition coefficient (Wildman–Crippen LogP) is 3.79. The number of nitrogens with one attached hydrogen (secondary N) is 1. The van der Waals surface area contributed by atoms with Crippen molar-refractivity contribution in [3.05, 3.63) is 35.5 Å². The summed E-state index contributed by atoms with van der Waals surface area (Å²) in [6.07, 6.45) is 11.5. The van der Waals surface area contributed by atoms with Gasteiger partial charge in [-0.25, -0.2) is 0 Å². The number of allylic oxidation sites excluding steroid dienone is 3. The summed E-state index contributed by atoms with van der Waals surface area (Å²) in [5.74, 6) is 1.43. The summed E-state index contributed by atoms with van der Waals surface area (Å²) in [6, 6.07) is 0.0636. The highest BCUT2D eigenvalue weighted by molar-refractivity contribution is 5.87. The monoisotopic (exact) mass is 443 g/mol. The van der Waals surface area contributed by atoms with E-state index in [0.717, 1.165) is 24.0 Å². The Kier molecular flexibility index (Phi) is 6.47. The van der Waals surface area contributed by atoms with Crippen LogP contribution in [0, 0.1) is 23.2 Å². The number of fused-ring (bicyclic) bond motifs is 1. The minimum absolute atomic E-state index is 0.0636. The van der Waals surface area contributed by atoms with Crippen LogP contribution in [0.15, 0.2) is 35.5 Å². The van der Waals surface area contributed by atoms with Gasteiger partial charge in [0.05, 0.1) is 12.2 Å². The van der Waals surface area contributed by atoms with Gasteiger partial charge in [0.15, 0.2) is 0 Å². The van der Waals surface area contributed by atoms with Crippen molar-refractivity contribution in [1.29, 1.82) is 0 Å². The van der Waals surface area contributed by atoms with Crippen LogP contribution in [0.4, 0.5) is 0 Å². The fourth-order valence-electron chi connectivity index (χ4n) is 7.40. The summed E-state index contributed by atoms with van der Waals surface area (Å²) in [6.45, 7) is 10.5.